The van der Waals surface area contributed by atoms with Gasteiger partial charge in [-0.25, -0.2) is 0 Å². The number of hydrogen-bond donors (Lipinski definition) is 1. The number of carbonyl (C=O) groups is 1. The Morgan fingerprint density at radius 2 is 2.07 bits per heavy atom. The van der Waals surface area contributed by atoms with E-state index in [9.17, 15) is 4.79 Å². The number of nitrogens with one attached hydrogen (secondary N) is 1. The van der Waals surface area contributed by atoms with Gasteiger partial charge in [-0.05, 0) is 37.5 Å². The highest BCUT2D eigenvalue weighted by atomic mass is 16.5. The Balaban J connectivity index is 1.35. The lowest BCUT2D eigenvalue weighted by molar-refractivity contribution is -0.121. The van der Waals surface area contributed by atoms with Crippen LogP contribution in [-0.4, -0.2) is 43.1 Å². The number of nitrogens with zero attached hydrogens (tertiary/aromatic N) is 5. The lowest BCUT2D eigenvalue weighted by Crippen LogP contribution is -2.36. The molecule has 1 amide bonds. The maximum Gasteiger partial charge on any atom is 0.224 e. The first-order valence-electron chi connectivity index (χ1n) is 10.0. The molecule has 1 aliphatic rings. The fourth-order valence-corrected chi connectivity index (χ4v) is 3.72. The van der Waals surface area contributed by atoms with Crippen LogP contribution in [0.3, 0.4) is 0 Å². The second-order valence-electron chi connectivity index (χ2n) is 7.34. The first-order chi connectivity index (χ1) is 14.1. The molecule has 0 bridgehead atoms. The van der Waals surface area contributed by atoms with Gasteiger partial charge in [0.1, 0.15) is 11.6 Å². The van der Waals surface area contributed by atoms with Gasteiger partial charge in [0.2, 0.25) is 5.91 Å². The van der Waals surface area contributed by atoms with Crippen molar-refractivity contribution in [3.05, 3.63) is 48.0 Å². The smallest absolute Gasteiger partial charge is 0.224 e. The third-order valence-corrected chi connectivity index (χ3v) is 5.17. The van der Waals surface area contributed by atoms with Crippen LogP contribution in [0.5, 0.6) is 5.75 Å². The third-order valence-electron chi connectivity index (χ3n) is 5.17. The van der Waals surface area contributed by atoms with Gasteiger partial charge in [-0.15, -0.1) is 10.2 Å². The van der Waals surface area contributed by atoms with E-state index in [0.717, 1.165) is 54.3 Å². The first-order valence-corrected chi connectivity index (χ1v) is 10.0. The van der Waals surface area contributed by atoms with Crippen LogP contribution in [0.2, 0.25) is 0 Å². The molecule has 0 fully saturated rings. The third kappa shape index (κ3) is 4.47. The number of rotatable bonds is 6. The molecule has 152 valence electrons. The van der Waals surface area contributed by atoms with E-state index in [1.807, 2.05) is 44.4 Å². The molecule has 1 unspecified atom stereocenters. The first kappa shape index (κ1) is 19.2. The summed E-state index contributed by atoms with van der Waals surface area (Å²) in [6, 6.07) is 7.83. The Bertz CT molecular complexity index is 975. The molecule has 0 saturated heterocycles. The van der Waals surface area contributed by atoms with Crippen molar-refractivity contribution >= 4 is 5.91 Å². The predicted octanol–water partition coefficient (Wildman–Crippen LogP) is 2.14. The van der Waals surface area contributed by atoms with Crippen molar-refractivity contribution in [2.75, 3.05) is 6.61 Å². The molecule has 2 aromatic heterocycles. The number of aromatic nitrogens is 5. The van der Waals surface area contributed by atoms with E-state index in [-0.39, 0.29) is 11.9 Å². The monoisotopic (exact) mass is 394 g/mol. The summed E-state index contributed by atoms with van der Waals surface area (Å²) in [5.41, 5.74) is 1.94. The number of benzene rings is 1. The summed E-state index contributed by atoms with van der Waals surface area (Å²) in [5.74, 6) is 2.68. The van der Waals surface area contributed by atoms with Gasteiger partial charge in [-0.3, -0.25) is 9.48 Å². The Morgan fingerprint density at radius 3 is 2.79 bits per heavy atom. The van der Waals surface area contributed by atoms with Gasteiger partial charge in [-0.1, -0.05) is 12.1 Å². The second-order valence-corrected chi connectivity index (χ2v) is 7.34. The maximum atomic E-state index is 12.5. The highest BCUT2D eigenvalue weighted by molar-refractivity contribution is 5.78. The molecule has 29 heavy (non-hydrogen) atoms. The van der Waals surface area contributed by atoms with Crippen LogP contribution in [0.4, 0.5) is 0 Å². The van der Waals surface area contributed by atoms with E-state index in [0.29, 0.717) is 13.0 Å². The maximum absolute atomic E-state index is 12.5. The quantitative estimate of drug-likeness (QED) is 0.692. The van der Waals surface area contributed by atoms with Gasteiger partial charge in [0.25, 0.3) is 0 Å². The lowest BCUT2D eigenvalue weighted by atomic mass is 10.1. The number of fused-ring (bicyclic) bond motifs is 1. The fourth-order valence-electron chi connectivity index (χ4n) is 3.72. The molecule has 8 heteroatoms. The molecular formula is C21H26N6O2. The number of hydrogen-bond acceptors (Lipinski definition) is 5. The Labute approximate surface area is 169 Å². The number of ether oxygens (including phenoxy) is 1. The Hall–Kier alpha value is -3.16. The zero-order valence-electron chi connectivity index (χ0n) is 16.8. The van der Waals surface area contributed by atoms with Crippen LogP contribution < -0.4 is 10.1 Å². The average Bonchev–Trinajstić information content (AvgIpc) is 3.26. The van der Waals surface area contributed by atoms with Crippen molar-refractivity contribution in [1.29, 1.82) is 0 Å². The minimum atomic E-state index is 0.0457. The van der Waals surface area contributed by atoms with Crippen LogP contribution in [0.25, 0.3) is 11.4 Å². The van der Waals surface area contributed by atoms with Crippen LogP contribution in [-0.2, 0) is 31.2 Å². The molecular weight excluding hydrogens is 368 g/mol. The number of aryl methyl sites for hydroxylation is 2. The van der Waals surface area contributed by atoms with Crippen molar-refractivity contribution in [3.63, 3.8) is 0 Å². The summed E-state index contributed by atoms with van der Waals surface area (Å²) in [6.07, 6.45) is 6.63. The summed E-state index contributed by atoms with van der Waals surface area (Å²) in [7, 11) is 1.89. The summed E-state index contributed by atoms with van der Waals surface area (Å²) >= 11 is 0. The molecule has 1 aromatic carbocycles. The molecule has 0 saturated carbocycles. The van der Waals surface area contributed by atoms with Crippen molar-refractivity contribution in [1.82, 2.24) is 29.9 Å². The molecule has 8 nitrogen and oxygen atoms in total. The van der Waals surface area contributed by atoms with Crippen LogP contribution in [0, 0.1) is 0 Å². The topological polar surface area (TPSA) is 86.9 Å². The molecule has 3 aromatic rings. The number of amides is 1. The summed E-state index contributed by atoms with van der Waals surface area (Å²) in [5, 5.41) is 16.1. The van der Waals surface area contributed by atoms with E-state index < -0.39 is 0 Å². The van der Waals surface area contributed by atoms with Crippen molar-refractivity contribution in [2.45, 2.75) is 45.2 Å². The fraction of sp³-hybridized carbons (Fsp3) is 0.429. The van der Waals surface area contributed by atoms with Gasteiger partial charge in [-0.2, -0.15) is 5.10 Å². The predicted molar refractivity (Wildman–Crippen MR) is 108 cm³/mol. The lowest BCUT2D eigenvalue weighted by Gasteiger charge is -2.16. The SMILES string of the molecule is CCOc1ccc(CC(=O)NC2CCc3nnc(-c4cnn(C)c4)n3CC2)cc1. The van der Waals surface area contributed by atoms with Gasteiger partial charge in [0, 0.05) is 32.3 Å². The van der Waals surface area contributed by atoms with Crippen molar-refractivity contribution < 1.29 is 9.53 Å². The Kier molecular flexibility index (Phi) is 5.59. The second kappa shape index (κ2) is 8.46. The molecule has 0 radical (unpaired) electrons. The summed E-state index contributed by atoms with van der Waals surface area (Å²) < 4.78 is 9.36. The van der Waals surface area contributed by atoms with Crippen LogP contribution in [0.1, 0.15) is 31.2 Å². The van der Waals surface area contributed by atoms with Crippen LogP contribution >= 0.6 is 0 Å². The van der Waals surface area contributed by atoms with Gasteiger partial charge >= 0.3 is 0 Å². The highest BCUT2D eigenvalue weighted by Gasteiger charge is 2.22. The standard InChI is InChI=1S/C21H26N6O2/c1-3-29-18-7-4-15(5-8-18)12-20(28)23-17-6-9-19-24-25-21(27(19)11-10-17)16-13-22-26(2)14-16/h4-5,7-8,13-14,17H,3,6,9-12H2,1-2H3,(H,23,28). The Morgan fingerprint density at radius 1 is 1.24 bits per heavy atom. The molecule has 1 atom stereocenters. The van der Waals surface area contributed by atoms with E-state index in [2.05, 4.69) is 25.2 Å². The average molecular weight is 394 g/mol. The van der Waals surface area contributed by atoms with Gasteiger partial charge in [0.15, 0.2) is 5.82 Å². The van der Waals surface area contributed by atoms with Crippen molar-refractivity contribution in [2.24, 2.45) is 7.05 Å². The van der Waals surface area contributed by atoms with Gasteiger partial charge in [0.05, 0.1) is 24.8 Å². The molecule has 0 aliphatic carbocycles. The summed E-state index contributed by atoms with van der Waals surface area (Å²) in [6.45, 7) is 3.37. The van der Waals surface area contributed by atoms with E-state index in [1.54, 1.807) is 10.9 Å². The molecule has 4 rings (SSSR count). The van der Waals surface area contributed by atoms with E-state index in [1.165, 1.54) is 0 Å². The van der Waals surface area contributed by atoms with Crippen LogP contribution in [0.15, 0.2) is 36.7 Å². The highest BCUT2D eigenvalue weighted by Crippen LogP contribution is 2.22. The molecule has 0 spiro atoms. The summed E-state index contributed by atoms with van der Waals surface area (Å²) in [4.78, 5) is 12.5. The molecule has 1 N–H and O–H groups in total. The van der Waals surface area contributed by atoms with E-state index >= 15 is 0 Å². The zero-order valence-corrected chi connectivity index (χ0v) is 16.8. The van der Waals surface area contributed by atoms with E-state index in [4.69, 9.17) is 4.74 Å². The largest absolute Gasteiger partial charge is 0.494 e. The van der Waals surface area contributed by atoms with Crippen molar-refractivity contribution in [3.8, 4) is 17.1 Å². The minimum absolute atomic E-state index is 0.0457. The minimum Gasteiger partial charge on any atom is -0.494 e. The zero-order chi connectivity index (χ0) is 20.2. The van der Waals surface area contributed by atoms with Gasteiger partial charge < -0.3 is 14.6 Å². The normalized spacial score (nSPS) is 16.1. The molecule has 3 heterocycles. The number of carbonyl (C=O) groups excluding carboxylic acids is 1. The molecule has 1 aliphatic heterocycles.